The standard InChI is InChI=1S/C18H24N4O/c1-2-4-14(5-3-1)12-22-11-8-16(13-22)18-21-20-17(23-18)15-6-9-19-10-7-15/h6-7,9-10,14,16H,1-5,8,11-13H2/t16-/m0/s1. The van der Waals surface area contributed by atoms with Gasteiger partial charge in [-0.15, -0.1) is 10.2 Å². The molecule has 0 unspecified atom stereocenters. The molecule has 4 rings (SSSR count). The molecule has 5 nitrogen and oxygen atoms in total. The van der Waals surface area contributed by atoms with E-state index in [1.54, 1.807) is 12.4 Å². The van der Waals surface area contributed by atoms with Gasteiger partial charge in [0, 0.05) is 31.0 Å². The van der Waals surface area contributed by atoms with E-state index in [4.69, 9.17) is 4.42 Å². The maximum atomic E-state index is 5.92. The summed E-state index contributed by atoms with van der Waals surface area (Å²) in [6, 6.07) is 3.81. The molecular weight excluding hydrogens is 288 g/mol. The van der Waals surface area contributed by atoms with Crippen molar-refractivity contribution in [3.63, 3.8) is 0 Å². The van der Waals surface area contributed by atoms with Crippen molar-refractivity contribution in [3.8, 4) is 11.5 Å². The van der Waals surface area contributed by atoms with Crippen LogP contribution < -0.4 is 0 Å². The normalized spacial score (nSPS) is 23.4. The summed E-state index contributed by atoms with van der Waals surface area (Å²) >= 11 is 0. The monoisotopic (exact) mass is 312 g/mol. The fraction of sp³-hybridized carbons (Fsp3) is 0.611. The molecule has 0 spiro atoms. The first-order valence-electron chi connectivity index (χ1n) is 8.84. The van der Waals surface area contributed by atoms with E-state index in [0.717, 1.165) is 36.9 Å². The van der Waals surface area contributed by atoms with Gasteiger partial charge in [0.25, 0.3) is 0 Å². The molecule has 1 aliphatic carbocycles. The van der Waals surface area contributed by atoms with Crippen LogP contribution in [-0.4, -0.2) is 39.7 Å². The highest BCUT2D eigenvalue weighted by atomic mass is 16.4. The maximum absolute atomic E-state index is 5.92. The lowest BCUT2D eigenvalue weighted by Gasteiger charge is -2.26. The second kappa shape index (κ2) is 6.79. The molecule has 0 radical (unpaired) electrons. The minimum absolute atomic E-state index is 0.390. The van der Waals surface area contributed by atoms with E-state index in [9.17, 15) is 0 Å². The number of likely N-dealkylation sites (tertiary alicyclic amines) is 1. The summed E-state index contributed by atoms with van der Waals surface area (Å²) in [5, 5.41) is 8.50. The quantitative estimate of drug-likeness (QED) is 0.865. The molecule has 1 aliphatic heterocycles. The molecule has 0 bridgehead atoms. The second-order valence-corrected chi connectivity index (χ2v) is 6.93. The van der Waals surface area contributed by atoms with Gasteiger partial charge in [-0.05, 0) is 43.9 Å². The molecule has 23 heavy (non-hydrogen) atoms. The molecule has 2 aromatic heterocycles. The van der Waals surface area contributed by atoms with Crippen molar-refractivity contribution in [1.29, 1.82) is 0 Å². The smallest absolute Gasteiger partial charge is 0.247 e. The fourth-order valence-corrected chi connectivity index (χ4v) is 3.95. The summed E-state index contributed by atoms with van der Waals surface area (Å²) in [5.74, 6) is 2.69. The van der Waals surface area contributed by atoms with Crippen molar-refractivity contribution >= 4 is 0 Å². The summed E-state index contributed by atoms with van der Waals surface area (Å²) in [6.07, 6.45) is 11.7. The highest BCUT2D eigenvalue weighted by Crippen LogP contribution is 2.31. The zero-order chi connectivity index (χ0) is 15.5. The Bertz CT molecular complexity index is 621. The zero-order valence-electron chi connectivity index (χ0n) is 13.5. The Morgan fingerprint density at radius 1 is 1.04 bits per heavy atom. The Labute approximate surface area is 137 Å². The van der Waals surface area contributed by atoms with Crippen LogP contribution in [0.3, 0.4) is 0 Å². The van der Waals surface area contributed by atoms with Crippen LogP contribution >= 0.6 is 0 Å². The van der Waals surface area contributed by atoms with Crippen molar-refractivity contribution in [2.45, 2.75) is 44.4 Å². The van der Waals surface area contributed by atoms with Gasteiger partial charge in [-0.2, -0.15) is 0 Å². The Balaban J connectivity index is 1.37. The molecule has 1 atom stereocenters. The fourth-order valence-electron chi connectivity index (χ4n) is 3.95. The number of nitrogens with zero attached hydrogens (tertiary/aromatic N) is 4. The summed E-state index contributed by atoms with van der Waals surface area (Å²) in [7, 11) is 0. The lowest BCUT2D eigenvalue weighted by Crippen LogP contribution is -2.28. The number of pyridine rings is 1. The van der Waals surface area contributed by atoms with Crippen LogP contribution in [0.4, 0.5) is 0 Å². The van der Waals surface area contributed by atoms with E-state index in [2.05, 4.69) is 20.1 Å². The van der Waals surface area contributed by atoms with Gasteiger partial charge in [0.2, 0.25) is 11.8 Å². The third-order valence-corrected chi connectivity index (χ3v) is 5.23. The number of hydrogen-bond acceptors (Lipinski definition) is 5. The lowest BCUT2D eigenvalue weighted by molar-refractivity contribution is 0.230. The summed E-state index contributed by atoms with van der Waals surface area (Å²) in [4.78, 5) is 6.62. The van der Waals surface area contributed by atoms with Gasteiger partial charge in [0.05, 0.1) is 5.92 Å². The molecule has 1 saturated heterocycles. The van der Waals surface area contributed by atoms with E-state index in [1.165, 1.54) is 38.6 Å². The van der Waals surface area contributed by atoms with E-state index >= 15 is 0 Å². The van der Waals surface area contributed by atoms with Gasteiger partial charge in [0.1, 0.15) is 0 Å². The van der Waals surface area contributed by atoms with Crippen molar-refractivity contribution in [1.82, 2.24) is 20.1 Å². The second-order valence-electron chi connectivity index (χ2n) is 6.93. The Morgan fingerprint density at radius 2 is 1.87 bits per heavy atom. The molecule has 1 saturated carbocycles. The summed E-state index contributed by atoms with van der Waals surface area (Å²) in [5.41, 5.74) is 0.941. The highest BCUT2D eigenvalue weighted by Gasteiger charge is 2.29. The largest absolute Gasteiger partial charge is 0.420 e. The maximum Gasteiger partial charge on any atom is 0.247 e. The van der Waals surface area contributed by atoms with Crippen LogP contribution in [0.2, 0.25) is 0 Å². The molecule has 0 amide bonds. The predicted octanol–water partition coefficient (Wildman–Crippen LogP) is 3.50. The van der Waals surface area contributed by atoms with Gasteiger partial charge in [0.15, 0.2) is 0 Å². The van der Waals surface area contributed by atoms with Gasteiger partial charge < -0.3 is 9.32 Å². The van der Waals surface area contributed by atoms with Crippen LogP contribution in [0.15, 0.2) is 28.9 Å². The van der Waals surface area contributed by atoms with Crippen molar-refractivity contribution in [3.05, 3.63) is 30.4 Å². The Hall–Kier alpha value is -1.75. The number of rotatable bonds is 4. The molecule has 3 heterocycles. The first kappa shape index (κ1) is 14.8. The first-order chi connectivity index (χ1) is 11.4. The van der Waals surface area contributed by atoms with Crippen molar-refractivity contribution < 1.29 is 4.42 Å². The van der Waals surface area contributed by atoms with E-state index < -0.39 is 0 Å². The predicted molar refractivity (Wildman–Crippen MR) is 87.9 cm³/mol. The average Bonchev–Trinajstić information content (AvgIpc) is 3.26. The summed E-state index contributed by atoms with van der Waals surface area (Å²) in [6.45, 7) is 3.48. The van der Waals surface area contributed by atoms with Crippen LogP contribution in [0, 0.1) is 5.92 Å². The van der Waals surface area contributed by atoms with E-state index in [0.29, 0.717) is 11.8 Å². The Kier molecular flexibility index (Phi) is 4.37. The number of hydrogen-bond donors (Lipinski definition) is 0. The lowest BCUT2D eigenvalue weighted by atomic mass is 9.89. The van der Waals surface area contributed by atoms with Crippen LogP contribution in [-0.2, 0) is 0 Å². The molecule has 2 aliphatic rings. The third kappa shape index (κ3) is 3.44. The molecule has 122 valence electrons. The van der Waals surface area contributed by atoms with Crippen LogP contribution in [0.1, 0.15) is 50.3 Å². The highest BCUT2D eigenvalue weighted by molar-refractivity contribution is 5.50. The topological polar surface area (TPSA) is 55.1 Å². The van der Waals surface area contributed by atoms with E-state index in [1.807, 2.05) is 12.1 Å². The van der Waals surface area contributed by atoms with Crippen LogP contribution in [0.25, 0.3) is 11.5 Å². The molecule has 0 N–H and O–H groups in total. The van der Waals surface area contributed by atoms with Gasteiger partial charge in [-0.1, -0.05) is 19.3 Å². The minimum atomic E-state index is 0.390. The van der Waals surface area contributed by atoms with E-state index in [-0.39, 0.29) is 0 Å². The molecule has 2 fully saturated rings. The molecule has 0 aromatic carbocycles. The zero-order valence-corrected chi connectivity index (χ0v) is 13.5. The van der Waals surface area contributed by atoms with Gasteiger partial charge in [-0.25, -0.2) is 0 Å². The van der Waals surface area contributed by atoms with Crippen LogP contribution in [0.5, 0.6) is 0 Å². The number of aromatic nitrogens is 3. The summed E-state index contributed by atoms with van der Waals surface area (Å²) < 4.78 is 5.92. The van der Waals surface area contributed by atoms with Crippen molar-refractivity contribution in [2.75, 3.05) is 19.6 Å². The molecule has 5 heteroatoms. The third-order valence-electron chi connectivity index (χ3n) is 5.23. The van der Waals surface area contributed by atoms with Crippen molar-refractivity contribution in [2.24, 2.45) is 5.92 Å². The minimum Gasteiger partial charge on any atom is -0.420 e. The molecule has 2 aromatic rings. The molecular formula is C18H24N4O. The van der Waals surface area contributed by atoms with Gasteiger partial charge >= 0.3 is 0 Å². The Morgan fingerprint density at radius 3 is 2.70 bits per heavy atom. The van der Waals surface area contributed by atoms with Gasteiger partial charge in [-0.3, -0.25) is 4.98 Å². The SMILES string of the molecule is c1cc(-c2nnc([C@H]3CCN(CC4CCCCC4)C3)o2)ccn1. The first-order valence-corrected chi connectivity index (χ1v) is 8.84. The average molecular weight is 312 g/mol.